The molecular weight excluding hydrogens is 291 g/mol. The molecule has 0 aliphatic carbocycles. The van der Waals surface area contributed by atoms with Gasteiger partial charge in [0.25, 0.3) is 5.82 Å². The molecule has 0 aromatic carbocycles. The maximum atomic E-state index is 12.2. The average Bonchev–Trinajstić information content (AvgIpc) is 3.02. The van der Waals surface area contributed by atoms with E-state index in [0.29, 0.717) is 11.5 Å². The van der Waals surface area contributed by atoms with Crippen molar-refractivity contribution in [3.63, 3.8) is 0 Å². The number of halogens is 3. The Morgan fingerprint density at radius 2 is 2.19 bits per heavy atom. The molecule has 1 N–H and O–H groups in total. The summed E-state index contributed by atoms with van der Waals surface area (Å²) >= 11 is 0. The van der Waals surface area contributed by atoms with Crippen molar-refractivity contribution >= 4 is 12.0 Å². The van der Waals surface area contributed by atoms with Gasteiger partial charge in [-0.3, -0.25) is 4.79 Å². The van der Waals surface area contributed by atoms with Gasteiger partial charge < -0.3 is 14.3 Å². The van der Waals surface area contributed by atoms with Gasteiger partial charge in [-0.1, -0.05) is 5.16 Å². The van der Waals surface area contributed by atoms with Crippen LogP contribution in [-0.4, -0.2) is 16.0 Å². The highest BCUT2D eigenvalue weighted by Gasteiger charge is 2.37. The van der Waals surface area contributed by atoms with E-state index in [0.717, 1.165) is 0 Å². The van der Waals surface area contributed by atoms with Gasteiger partial charge in [0.05, 0.1) is 6.54 Å². The Morgan fingerprint density at radius 3 is 2.76 bits per heavy atom. The van der Waals surface area contributed by atoms with Crippen LogP contribution in [0.4, 0.5) is 13.2 Å². The largest absolute Gasteiger partial charge is 0.462 e. The summed E-state index contributed by atoms with van der Waals surface area (Å²) in [5, 5.41) is 5.08. The Morgan fingerprint density at radius 1 is 1.43 bits per heavy atom. The lowest BCUT2D eigenvalue weighted by Crippen LogP contribution is -2.20. The molecule has 2 aromatic rings. The molecule has 2 aromatic heterocycles. The number of aryl methyl sites for hydroxylation is 1. The van der Waals surface area contributed by atoms with Crippen molar-refractivity contribution in [3.05, 3.63) is 41.4 Å². The lowest BCUT2D eigenvalue weighted by Gasteiger charge is -1.97. The number of hydrogen-bond acceptors (Lipinski definition) is 5. The number of carbonyl (C=O) groups is 1. The lowest BCUT2D eigenvalue weighted by molar-refractivity contribution is -0.146. The number of furan rings is 1. The third-order valence-electron chi connectivity index (χ3n) is 2.30. The summed E-state index contributed by atoms with van der Waals surface area (Å²) in [6.45, 7) is 1.45. The Bertz CT molecular complexity index is 658. The molecule has 0 saturated heterocycles. The molecule has 2 rings (SSSR count). The van der Waals surface area contributed by atoms with Crippen LogP contribution < -0.4 is 5.32 Å². The zero-order chi connectivity index (χ0) is 15.5. The number of amides is 1. The second kappa shape index (κ2) is 5.81. The van der Waals surface area contributed by atoms with Crippen molar-refractivity contribution in [1.29, 1.82) is 0 Å². The van der Waals surface area contributed by atoms with Crippen LogP contribution in [0.1, 0.15) is 23.2 Å². The smallest absolute Gasteiger partial charge is 0.455 e. The van der Waals surface area contributed by atoms with Crippen molar-refractivity contribution in [3.8, 4) is 0 Å². The van der Waals surface area contributed by atoms with Gasteiger partial charge in [0.15, 0.2) is 0 Å². The first kappa shape index (κ1) is 14.8. The highest BCUT2D eigenvalue weighted by molar-refractivity contribution is 5.91. The van der Waals surface area contributed by atoms with Crippen LogP contribution in [0, 0.1) is 6.92 Å². The minimum atomic E-state index is -4.68. The minimum absolute atomic E-state index is 0.302. The Hall–Kier alpha value is -2.58. The molecule has 0 bridgehead atoms. The average molecular weight is 301 g/mol. The molecule has 0 radical (unpaired) electrons. The van der Waals surface area contributed by atoms with E-state index >= 15 is 0 Å². The van der Waals surface area contributed by atoms with Crippen molar-refractivity contribution < 1.29 is 26.9 Å². The number of hydrogen-bond donors (Lipinski definition) is 1. The second-order valence-electron chi connectivity index (χ2n) is 4.01. The van der Waals surface area contributed by atoms with Crippen LogP contribution >= 0.6 is 0 Å². The summed E-state index contributed by atoms with van der Waals surface area (Å²) in [5.41, 5.74) is 0. The molecule has 112 valence electrons. The van der Waals surface area contributed by atoms with Gasteiger partial charge in [-0.2, -0.15) is 18.2 Å². The van der Waals surface area contributed by atoms with E-state index in [2.05, 4.69) is 20.0 Å². The van der Waals surface area contributed by atoms with E-state index in [1.807, 2.05) is 0 Å². The maximum absolute atomic E-state index is 12.2. The summed E-state index contributed by atoms with van der Waals surface area (Å²) < 4.78 is 46.2. The van der Waals surface area contributed by atoms with Crippen molar-refractivity contribution in [1.82, 2.24) is 15.5 Å². The van der Waals surface area contributed by atoms with Gasteiger partial charge in [-0.15, -0.1) is 0 Å². The monoisotopic (exact) mass is 301 g/mol. The number of nitrogens with one attached hydrogen (secondary N) is 1. The van der Waals surface area contributed by atoms with Gasteiger partial charge in [0.2, 0.25) is 11.8 Å². The first-order valence-electron chi connectivity index (χ1n) is 5.77. The SMILES string of the molecule is Cc1ccc(C=CC(=O)NCc2nc(C(F)(F)F)no2)o1. The van der Waals surface area contributed by atoms with Crippen molar-refractivity contribution in [2.24, 2.45) is 0 Å². The Labute approximate surface area is 116 Å². The Balaban J connectivity index is 1.86. The fourth-order valence-electron chi connectivity index (χ4n) is 1.36. The highest BCUT2D eigenvalue weighted by atomic mass is 19.4. The van der Waals surface area contributed by atoms with E-state index in [1.54, 1.807) is 19.1 Å². The van der Waals surface area contributed by atoms with Gasteiger partial charge in [-0.05, 0) is 25.1 Å². The maximum Gasteiger partial charge on any atom is 0.455 e. The predicted octanol–water partition coefficient (Wildman–Crippen LogP) is 2.32. The van der Waals surface area contributed by atoms with E-state index in [-0.39, 0.29) is 12.4 Å². The zero-order valence-corrected chi connectivity index (χ0v) is 10.8. The van der Waals surface area contributed by atoms with Crippen LogP contribution in [0.15, 0.2) is 27.1 Å². The van der Waals surface area contributed by atoms with Crippen LogP contribution in [0.2, 0.25) is 0 Å². The summed E-state index contributed by atoms with van der Waals surface area (Å²) in [4.78, 5) is 14.6. The van der Waals surface area contributed by atoms with Crippen LogP contribution in [0.25, 0.3) is 6.08 Å². The molecule has 6 nitrogen and oxygen atoms in total. The molecule has 0 fully saturated rings. The van der Waals surface area contributed by atoms with Gasteiger partial charge >= 0.3 is 6.18 Å². The number of rotatable bonds is 4. The fraction of sp³-hybridized carbons (Fsp3) is 0.250. The standard InChI is InChI=1S/C12H10F3N3O3/c1-7-2-3-8(20-7)4-5-9(19)16-6-10-17-11(18-21-10)12(13,14)15/h2-5H,6H2,1H3,(H,16,19). The molecule has 21 heavy (non-hydrogen) atoms. The predicted molar refractivity (Wildman–Crippen MR) is 63.6 cm³/mol. The van der Waals surface area contributed by atoms with E-state index < -0.39 is 17.9 Å². The van der Waals surface area contributed by atoms with Gasteiger partial charge in [0, 0.05) is 6.08 Å². The van der Waals surface area contributed by atoms with Gasteiger partial charge in [-0.25, -0.2) is 0 Å². The molecule has 0 unspecified atom stereocenters. The van der Waals surface area contributed by atoms with Crippen molar-refractivity contribution in [2.75, 3.05) is 0 Å². The van der Waals surface area contributed by atoms with Crippen LogP contribution in [0.5, 0.6) is 0 Å². The Kier molecular flexibility index (Phi) is 4.10. The third-order valence-corrected chi connectivity index (χ3v) is 2.30. The van der Waals surface area contributed by atoms with Gasteiger partial charge in [0.1, 0.15) is 11.5 Å². The highest BCUT2D eigenvalue weighted by Crippen LogP contribution is 2.26. The first-order chi connectivity index (χ1) is 9.84. The molecule has 0 spiro atoms. The molecule has 9 heteroatoms. The summed E-state index contributed by atoms with van der Waals surface area (Å²) in [7, 11) is 0. The number of alkyl halides is 3. The molecule has 1 amide bonds. The zero-order valence-electron chi connectivity index (χ0n) is 10.8. The third kappa shape index (κ3) is 4.20. The molecule has 0 saturated carbocycles. The van der Waals surface area contributed by atoms with E-state index in [9.17, 15) is 18.0 Å². The van der Waals surface area contributed by atoms with Crippen LogP contribution in [0.3, 0.4) is 0 Å². The normalized spacial score (nSPS) is 12.0. The molecule has 0 aliphatic heterocycles. The van der Waals surface area contributed by atoms with Crippen LogP contribution in [-0.2, 0) is 17.5 Å². The molecule has 0 aliphatic rings. The first-order valence-corrected chi connectivity index (χ1v) is 5.77. The molecular formula is C12H10F3N3O3. The van der Waals surface area contributed by atoms with E-state index in [1.165, 1.54) is 12.2 Å². The van der Waals surface area contributed by atoms with Crippen molar-refractivity contribution in [2.45, 2.75) is 19.6 Å². The second-order valence-corrected chi connectivity index (χ2v) is 4.01. The minimum Gasteiger partial charge on any atom is -0.462 e. The summed E-state index contributed by atoms with van der Waals surface area (Å²) in [6, 6.07) is 3.40. The quantitative estimate of drug-likeness (QED) is 0.876. The molecule has 2 heterocycles. The summed E-state index contributed by atoms with van der Waals surface area (Å²) in [6.07, 6.45) is -2.07. The summed E-state index contributed by atoms with van der Waals surface area (Å²) in [5.74, 6) is -1.07. The number of nitrogens with zero attached hydrogens (tertiary/aromatic N) is 2. The van der Waals surface area contributed by atoms with E-state index in [4.69, 9.17) is 4.42 Å². The lowest BCUT2D eigenvalue weighted by atomic mass is 10.4. The molecule has 0 atom stereocenters. The number of aromatic nitrogens is 2. The topological polar surface area (TPSA) is 81.2 Å². The number of carbonyl (C=O) groups excluding carboxylic acids is 1. The fourth-order valence-corrected chi connectivity index (χ4v) is 1.36.